The number of hydrogen-bond acceptors (Lipinski definition) is 4. The predicted molar refractivity (Wildman–Crippen MR) is 62.5 cm³/mol. The van der Waals surface area contributed by atoms with Gasteiger partial charge in [-0.3, -0.25) is 9.79 Å². The molecule has 1 aliphatic carbocycles. The molecule has 4 heteroatoms. The maximum atomic E-state index is 11.7. The Morgan fingerprint density at radius 3 is 2.81 bits per heavy atom. The summed E-state index contributed by atoms with van der Waals surface area (Å²) in [5, 5.41) is 9.57. The molecule has 0 saturated carbocycles. The van der Waals surface area contributed by atoms with Crippen LogP contribution in [0.3, 0.4) is 0 Å². The zero-order chi connectivity index (χ0) is 11.7. The van der Waals surface area contributed by atoms with Gasteiger partial charge in [0.2, 0.25) is 0 Å². The van der Waals surface area contributed by atoms with Crippen molar-refractivity contribution in [3.8, 4) is 0 Å². The summed E-state index contributed by atoms with van der Waals surface area (Å²) in [5.41, 5.74) is 1.88. The SMILES string of the molecule is CN(C)CCC1=C2C(=O)C=CC(O)=C2N=C1. The highest BCUT2D eigenvalue weighted by Gasteiger charge is 2.26. The van der Waals surface area contributed by atoms with Crippen LogP contribution in [0.15, 0.2) is 39.7 Å². The lowest BCUT2D eigenvalue weighted by Crippen LogP contribution is -2.15. The molecule has 0 aromatic rings. The highest BCUT2D eigenvalue weighted by molar-refractivity contribution is 6.14. The number of allylic oxidation sites excluding steroid dienone is 3. The molecule has 0 unspecified atom stereocenters. The molecule has 0 amide bonds. The Morgan fingerprint density at radius 1 is 1.38 bits per heavy atom. The fraction of sp³-hybridized carbons (Fsp3) is 0.333. The molecule has 1 heterocycles. The zero-order valence-corrected chi connectivity index (χ0v) is 9.40. The Balaban J connectivity index is 2.29. The van der Waals surface area contributed by atoms with Crippen molar-refractivity contribution in [3.63, 3.8) is 0 Å². The van der Waals surface area contributed by atoms with E-state index in [-0.39, 0.29) is 11.5 Å². The van der Waals surface area contributed by atoms with Gasteiger partial charge < -0.3 is 10.0 Å². The van der Waals surface area contributed by atoms with Crippen LogP contribution in [0, 0.1) is 0 Å². The van der Waals surface area contributed by atoms with E-state index in [0.717, 1.165) is 18.5 Å². The minimum Gasteiger partial charge on any atom is -0.506 e. The monoisotopic (exact) mass is 218 g/mol. The van der Waals surface area contributed by atoms with E-state index in [1.54, 1.807) is 6.21 Å². The summed E-state index contributed by atoms with van der Waals surface area (Å²) < 4.78 is 0. The van der Waals surface area contributed by atoms with E-state index in [0.29, 0.717) is 11.3 Å². The highest BCUT2D eigenvalue weighted by Crippen LogP contribution is 2.30. The molecule has 2 aliphatic rings. The summed E-state index contributed by atoms with van der Waals surface area (Å²) in [6.45, 7) is 0.857. The highest BCUT2D eigenvalue weighted by atomic mass is 16.3. The lowest BCUT2D eigenvalue weighted by atomic mass is 9.97. The van der Waals surface area contributed by atoms with Crippen LogP contribution >= 0.6 is 0 Å². The van der Waals surface area contributed by atoms with Crippen LogP contribution in [-0.4, -0.2) is 42.6 Å². The summed E-state index contributed by atoms with van der Waals surface area (Å²) in [6.07, 6.45) is 5.23. The molecular formula is C12H14N2O2. The number of fused-ring (bicyclic) bond motifs is 1. The minimum atomic E-state index is -0.0703. The second-order valence-electron chi connectivity index (χ2n) is 4.14. The third-order valence-corrected chi connectivity index (χ3v) is 2.62. The first kappa shape index (κ1) is 10.8. The Kier molecular flexibility index (Phi) is 2.75. The summed E-state index contributed by atoms with van der Waals surface area (Å²) in [4.78, 5) is 17.8. The lowest BCUT2D eigenvalue weighted by molar-refractivity contribution is -0.111. The molecular weight excluding hydrogens is 204 g/mol. The molecule has 2 rings (SSSR count). The maximum absolute atomic E-state index is 11.7. The standard InChI is InChI=1S/C12H14N2O2/c1-14(2)6-5-8-7-13-12-10(16)4-3-9(15)11(8)12/h3-4,7,16H,5-6H2,1-2H3. The van der Waals surface area contributed by atoms with Gasteiger partial charge in [-0.15, -0.1) is 0 Å². The molecule has 0 fully saturated rings. The van der Waals surface area contributed by atoms with Crippen LogP contribution in [0.4, 0.5) is 0 Å². The quantitative estimate of drug-likeness (QED) is 0.775. The fourth-order valence-corrected chi connectivity index (χ4v) is 1.74. The van der Waals surface area contributed by atoms with E-state index >= 15 is 0 Å². The normalized spacial score (nSPS) is 19.1. The van der Waals surface area contributed by atoms with Crippen LogP contribution in [-0.2, 0) is 4.79 Å². The predicted octanol–water partition coefficient (Wildman–Crippen LogP) is 1.23. The van der Waals surface area contributed by atoms with Gasteiger partial charge in [0.15, 0.2) is 5.78 Å². The molecule has 16 heavy (non-hydrogen) atoms. The number of carbonyl (C=O) groups is 1. The maximum Gasteiger partial charge on any atom is 0.188 e. The molecule has 1 N–H and O–H groups in total. The first-order chi connectivity index (χ1) is 7.59. The van der Waals surface area contributed by atoms with Gasteiger partial charge in [0.1, 0.15) is 11.5 Å². The smallest absolute Gasteiger partial charge is 0.188 e. The van der Waals surface area contributed by atoms with Gasteiger partial charge in [-0.1, -0.05) is 0 Å². The fourth-order valence-electron chi connectivity index (χ4n) is 1.74. The summed E-state index contributed by atoms with van der Waals surface area (Å²) in [6, 6.07) is 0. The van der Waals surface area contributed by atoms with Gasteiger partial charge in [-0.05, 0) is 38.2 Å². The van der Waals surface area contributed by atoms with Gasteiger partial charge in [0.05, 0.1) is 5.57 Å². The number of aliphatic hydroxyl groups excluding tert-OH is 1. The first-order valence-corrected chi connectivity index (χ1v) is 5.17. The molecule has 0 saturated heterocycles. The Hall–Kier alpha value is -1.68. The van der Waals surface area contributed by atoms with Crippen molar-refractivity contribution in [1.82, 2.24) is 4.90 Å². The van der Waals surface area contributed by atoms with Gasteiger partial charge in [-0.2, -0.15) is 0 Å². The van der Waals surface area contributed by atoms with Crippen LogP contribution in [0.5, 0.6) is 0 Å². The van der Waals surface area contributed by atoms with Crippen molar-refractivity contribution in [2.75, 3.05) is 20.6 Å². The van der Waals surface area contributed by atoms with E-state index < -0.39 is 0 Å². The topological polar surface area (TPSA) is 52.9 Å². The number of rotatable bonds is 3. The van der Waals surface area contributed by atoms with E-state index in [2.05, 4.69) is 4.99 Å². The Morgan fingerprint density at radius 2 is 2.12 bits per heavy atom. The van der Waals surface area contributed by atoms with E-state index in [9.17, 15) is 9.90 Å². The van der Waals surface area contributed by atoms with Crippen LogP contribution in [0.25, 0.3) is 0 Å². The van der Waals surface area contributed by atoms with Crippen molar-refractivity contribution in [1.29, 1.82) is 0 Å². The molecule has 0 spiro atoms. The van der Waals surface area contributed by atoms with Gasteiger partial charge in [0.25, 0.3) is 0 Å². The molecule has 0 radical (unpaired) electrons. The largest absolute Gasteiger partial charge is 0.506 e. The Labute approximate surface area is 94.3 Å². The van der Waals surface area contributed by atoms with Gasteiger partial charge >= 0.3 is 0 Å². The van der Waals surface area contributed by atoms with E-state index in [1.807, 2.05) is 19.0 Å². The van der Waals surface area contributed by atoms with E-state index in [1.165, 1.54) is 12.2 Å². The molecule has 0 atom stereocenters. The summed E-state index contributed by atoms with van der Waals surface area (Å²) in [5.74, 6) is 0.00441. The van der Waals surface area contributed by atoms with Crippen LogP contribution in [0.2, 0.25) is 0 Å². The molecule has 0 aromatic heterocycles. The average Bonchev–Trinajstić information content (AvgIpc) is 2.65. The summed E-state index contributed by atoms with van der Waals surface area (Å²) >= 11 is 0. The van der Waals surface area contributed by atoms with Crippen LogP contribution < -0.4 is 0 Å². The number of carbonyl (C=O) groups excluding carboxylic acids is 1. The number of aliphatic imine (C=N–C) groups is 1. The van der Waals surface area contributed by atoms with Crippen molar-refractivity contribution in [3.05, 3.63) is 34.8 Å². The third kappa shape index (κ3) is 1.84. The van der Waals surface area contributed by atoms with Crippen molar-refractivity contribution >= 4 is 12.0 Å². The van der Waals surface area contributed by atoms with Crippen molar-refractivity contribution in [2.45, 2.75) is 6.42 Å². The molecule has 84 valence electrons. The zero-order valence-electron chi connectivity index (χ0n) is 9.40. The van der Waals surface area contributed by atoms with Crippen molar-refractivity contribution in [2.24, 2.45) is 4.99 Å². The second-order valence-corrected chi connectivity index (χ2v) is 4.14. The third-order valence-electron chi connectivity index (χ3n) is 2.62. The molecule has 1 aliphatic heterocycles. The molecule has 0 aromatic carbocycles. The van der Waals surface area contributed by atoms with E-state index in [4.69, 9.17) is 0 Å². The number of aliphatic hydroxyl groups is 1. The number of hydrogen-bond donors (Lipinski definition) is 1. The number of nitrogens with zero attached hydrogens (tertiary/aromatic N) is 2. The average molecular weight is 218 g/mol. The van der Waals surface area contributed by atoms with Gasteiger partial charge in [-0.25, -0.2) is 0 Å². The molecule has 0 bridgehead atoms. The van der Waals surface area contributed by atoms with Gasteiger partial charge in [0, 0.05) is 12.8 Å². The van der Waals surface area contributed by atoms with Crippen LogP contribution in [0.1, 0.15) is 6.42 Å². The molecule has 4 nitrogen and oxygen atoms in total. The number of ketones is 1. The lowest BCUT2D eigenvalue weighted by Gasteiger charge is -2.11. The Bertz CT molecular complexity index is 454. The first-order valence-electron chi connectivity index (χ1n) is 5.17. The summed E-state index contributed by atoms with van der Waals surface area (Å²) in [7, 11) is 3.96. The second kappa shape index (κ2) is 4.06. The minimum absolute atomic E-state index is 0.0703. The van der Waals surface area contributed by atoms with Crippen molar-refractivity contribution < 1.29 is 9.90 Å².